The number of hydrogen-bond acceptors (Lipinski definition) is 4. The molecule has 1 N–H and O–H groups in total. The van der Waals surface area contributed by atoms with Crippen LogP contribution in [0.1, 0.15) is 70.2 Å². The van der Waals surface area contributed by atoms with Crippen molar-refractivity contribution >= 4 is 5.82 Å². The molecule has 0 saturated heterocycles. The zero-order valence-corrected chi connectivity index (χ0v) is 13.7. The first kappa shape index (κ1) is 16.1. The maximum Gasteiger partial charge on any atom is 0.222 e. The van der Waals surface area contributed by atoms with Crippen molar-refractivity contribution < 1.29 is 4.74 Å². The summed E-state index contributed by atoms with van der Waals surface area (Å²) in [6.07, 6.45) is 9.82. The fourth-order valence-corrected chi connectivity index (χ4v) is 2.85. The van der Waals surface area contributed by atoms with Crippen molar-refractivity contribution in [1.29, 1.82) is 0 Å². The molecule has 1 aliphatic carbocycles. The number of hydrogen-bond donors (Lipinski definition) is 1. The third kappa shape index (κ3) is 4.58. The van der Waals surface area contributed by atoms with Gasteiger partial charge in [-0.05, 0) is 46.0 Å². The number of aryl methyl sites for hydroxylation is 1. The van der Waals surface area contributed by atoms with Crippen LogP contribution >= 0.6 is 0 Å². The van der Waals surface area contributed by atoms with E-state index in [9.17, 15) is 0 Å². The van der Waals surface area contributed by atoms with Crippen molar-refractivity contribution in [2.24, 2.45) is 0 Å². The predicted octanol–water partition coefficient (Wildman–Crippen LogP) is 4.27. The lowest BCUT2D eigenvalue weighted by atomic mass is 10.1. The SMILES string of the molecule is CCCc1nc(NCC)c(C)c(OC2CCCCCC2)n1. The van der Waals surface area contributed by atoms with Crippen LogP contribution in [0.25, 0.3) is 0 Å². The Morgan fingerprint density at radius 1 is 1.10 bits per heavy atom. The number of anilines is 1. The van der Waals surface area contributed by atoms with Crippen LogP contribution in [0.5, 0.6) is 5.88 Å². The standard InChI is InChI=1S/C17H29N3O/c1-4-10-15-19-16(18-5-2)13(3)17(20-15)21-14-11-8-6-7-9-12-14/h14H,4-12H2,1-3H3,(H,18,19,20). The molecule has 21 heavy (non-hydrogen) atoms. The van der Waals surface area contributed by atoms with Crippen LogP contribution in [0.4, 0.5) is 5.82 Å². The van der Waals surface area contributed by atoms with Gasteiger partial charge in [0.05, 0.1) is 5.56 Å². The summed E-state index contributed by atoms with van der Waals surface area (Å²) in [4.78, 5) is 9.28. The summed E-state index contributed by atoms with van der Waals surface area (Å²) in [5, 5.41) is 3.33. The molecule has 0 amide bonds. The molecule has 0 aromatic carbocycles. The second-order valence-electron chi connectivity index (χ2n) is 5.93. The van der Waals surface area contributed by atoms with Crippen LogP contribution in [0.2, 0.25) is 0 Å². The van der Waals surface area contributed by atoms with Gasteiger partial charge in [-0.1, -0.05) is 19.8 Å². The van der Waals surface area contributed by atoms with Gasteiger partial charge in [-0.3, -0.25) is 0 Å². The maximum absolute atomic E-state index is 6.25. The van der Waals surface area contributed by atoms with E-state index in [4.69, 9.17) is 4.74 Å². The van der Waals surface area contributed by atoms with Crippen LogP contribution in [0, 0.1) is 6.92 Å². The zero-order chi connectivity index (χ0) is 15.1. The lowest BCUT2D eigenvalue weighted by molar-refractivity contribution is 0.174. The highest BCUT2D eigenvalue weighted by molar-refractivity contribution is 5.48. The highest BCUT2D eigenvalue weighted by Gasteiger charge is 2.18. The molecule has 4 heteroatoms. The van der Waals surface area contributed by atoms with Gasteiger partial charge in [0.1, 0.15) is 17.7 Å². The van der Waals surface area contributed by atoms with Gasteiger partial charge in [0.2, 0.25) is 5.88 Å². The third-order valence-electron chi connectivity index (χ3n) is 4.05. The monoisotopic (exact) mass is 291 g/mol. The van der Waals surface area contributed by atoms with Crippen molar-refractivity contribution in [2.75, 3.05) is 11.9 Å². The van der Waals surface area contributed by atoms with E-state index in [0.29, 0.717) is 6.10 Å². The molecule has 1 saturated carbocycles. The summed E-state index contributed by atoms with van der Waals surface area (Å²) in [6.45, 7) is 7.17. The summed E-state index contributed by atoms with van der Waals surface area (Å²) >= 11 is 0. The summed E-state index contributed by atoms with van der Waals surface area (Å²) < 4.78 is 6.25. The van der Waals surface area contributed by atoms with E-state index in [0.717, 1.165) is 55.3 Å². The molecular formula is C17H29N3O. The second kappa shape index (κ2) is 8.20. The summed E-state index contributed by atoms with van der Waals surface area (Å²) in [5.74, 6) is 2.61. The fraction of sp³-hybridized carbons (Fsp3) is 0.765. The van der Waals surface area contributed by atoms with Crippen molar-refractivity contribution in [2.45, 2.75) is 78.2 Å². The number of rotatable bonds is 6. The zero-order valence-electron chi connectivity index (χ0n) is 13.7. The molecule has 0 atom stereocenters. The van der Waals surface area contributed by atoms with Crippen LogP contribution < -0.4 is 10.1 Å². The minimum Gasteiger partial charge on any atom is -0.474 e. The molecule has 0 unspecified atom stereocenters. The molecule has 0 aliphatic heterocycles. The van der Waals surface area contributed by atoms with Crippen molar-refractivity contribution in [3.05, 3.63) is 11.4 Å². The van der Waals surface area contributed by atoms with Gasteiger partial charge in [0.25, 0.3) is 0 Å². The first-order valence-electron chi connectivity index (χ1n) is 8.52. The molecule has 0 radical (unpaired) electrons. The van der Waals surface area contributed by atoms with Gasteiger partial charge in [0, 0.05) is 13.0 Å². The van der Waals surface area contributed by atoms with E-state index >= 15 is 0 Å². The number of nitrogens with zero attached hydrogens (tertiary/aromatic N) is 2. The van der Waals surface area contributed by atoms with Crippen LogP contribution in [0.15, 0.2) is 0 Å². The average Bonchev–Trinajstić information content (AvgIpc) is 2.73. The van der Waals surface area contributed by atoms with E-state index in [-0.39, 0.29) is 0 Å². The molecule has 0 spiro atoms. The Labute approximate surface area is 128 Å². The Kier molecular flexibility index (Phi) is 6.27. The molecule has 1 fully saturated rings. The Hall–Kier alpha value is -1.32. The Morgan fingerprint density at radius 2 is 1.81 bits per heavy atom. The van der Waals surface area contributed by atoms with Gasteiger partial charge >= 0.3 is 0 Å². The predicted molar refractivity (Wildman–Crippen MR) is 87.0 cm³/mol. The lowest BCUT2D eigenvalue weighted by Gasteiger charge is -2.19. The fourth-order valence-electron chi connectivity index (χ4n) is 2.85. The molecule has 1 aromatic rings. The first-order valence-corrected chi connectivity index (χ1v) is 8.52. The molecule has 1 heterocycles. The highest BCUT2D eigenvalue weighted by Crippen LogP contribution is 2.27. The topological polar surface area (TPSA) is 47.0 Å². The van der Waals surface area contributed by atoms with Gasteiger partial charge in [-0.25, -0.2) is 4.98 Å². The van der Waals surface area contributed by atoms with Crippen LogP contribution in [0.3, 0.4) is 0 Å². The summed E-state index contributed by atoms with van der Waals surface area (Å²) in [7, 11) is 0. The maximum atomic E-state index is 6.25. The van der Waals surface area contributed by atoms with Crippen molar-refractivity contribution in [1.82, 2.24) is 9.97 Å². The summed E-state index contributed by atoms with van der Waals surface area (Å²) in [5.41, 5.74) is 1.04. The molecule has 0 bridgehead atoms. The Balaban J connectivity index is 2.18. The average molecular weight is 291 g/mol. The smallest absolute Gasteiger partial charge is 0.222 e. The van der Waals surface area contributed by atoms with E-state index in [1.54, 1.807) is 0 Å². The lowest BCUT2D eigenvalue weighted by Crippen LogP contribution is -2.18. The van der Waals surface area contributed by atoms with Crippen LogP contribution in [-0.2, 0) is 6.42 Å². The quantitative estimate of drug-likeness (QED) is 0.795. The molecular weight excluding hydrogens is 262 g/mol. The molecule has 1 aromatic heterocycles. The minimum absolute atomic E-state index is 0.324. The number of ether oxygens (including phenoxy) is 1. The Morgan fingerprint density at radius 3 is 2.43 bits per heavy atom. The van der Waals surface area contributed by atoms with Crippen molar-refractivity contribution in [3.8, 4) is 5.88 Å². The summed E-state index contributed by atoms with van der Waals surface area (Å²) in [6, 6.07) is 0. The Bertz CT molecular complexity index is 440. The normalized spacial score (nSPS) is 16.5. The van der Waals surface area contributed by atoms with Crippen molar-refractivity contribution in [3.63, 3.8) is 0 Å². The highest BCUT2D eigenvalue weighted by atomic mass is 16.5. The second-order valence-corrected chi connectivity index (χ2v) is 5.93. The van der Waals surface area contributed by atoms with E-state index in [2.05, 4.69) is 36.1 Å². The largest absolute Gasteiger partial charge is 0.474 e. The van der Waals surface area contributed by atoms with Gasteiger partial charge in [-0.2, -0.15) is 4.98 Å². The minimum atomic E-state index is 0.324. The van der Waals surface area contributed by atoms with Crippen LogP contribution in [-0.4, -0.2) is 22.6 Å². The van der Waals surface area contributed by atoms with E-state index in [1.807, 2.05) is 0 Å². The molecule has 4 nitrogen and oxygen atoms in total. The van der Waals surface area contributed by atoms with Gasteiger partial charge in [-0.15, -0.1) is 0 Å². The number of aromatic nitrogens is 2. The molecule has 2 rings (SSSR count). The first-order chi connectivity index (χ1) is 10.2. The third-order valence-corrected chi connectivity index (χ3v) is 4.05. The van der Waals surface area contributed by atoms with Gasteiger partial charge in [0.15, 0.2) is 0 Å². The molecule has 118 valence electrons. The molecule has 1 aliphatic rings. The number of nitrogens with one attached hydrogen (secondary N) is 1. The van der Waals surface area contributed by atoms with E-state index in [1.165, 1.54) is 25.7 Å². The van der Waals surface area contributed by atoms with Gasteiger partial charge < -0.3 is 10.1 Å². The van der Waals surface area contributed by atoms with E-state index < -0.39 is 0 Å².